The number of Topliss-reactive ketones (excluding diaryl/α,β-unsaturated/α-hetero) is 1. The molecule has 0 aromatic heterocycles. The number of carbonyl (C=O) groups is 2. The van der Waals surface area contributed by atoms with Crippen LogP contribution >= 0.6 is 0 Å². The van der Waals surface area contributed by atoms with Crippen molar-refractivity contribution in [1.82, 2.24) is 0 Å². The Balaban J connectivity index is 1.51. The van der Waals surface area contributed by atoms with Gasteiger partial charge >= 0.3 is 5.97 Å². The van der Waals surface area contributed by atoms with Crippen LogP contribution in [0.1, 0.15) is 45.4 Å². The van der Waals surface area contributed by atoms with Crippen molar-refractivity contribution in [3.63, 3.8) is 0 Å². The van der Waals surface area contributed by atoms with Crippen LogP contribution in [-0.4, -0.2) is 39.6 Å². The van der Waals surface area contributed by atoms with Crippen LogP contribution in [0.15, 0.2) is 23.8 Å². The molecular formula is C26H38O4Si. The molecule has 0 N–H and O–H groups in total. The summed E-state index contributed by atoms with van der Waals surface area (Å²) >= 11 is 0. The summed E-state index contributed by atoms with van der Waals surface area (Å²) in [6.45, 7) is 15.4. The Morgan fingerprint density at radius 2 is 2.00 bits per heavy atom. The number of rotatable bonds is 6. The van der Waals surface area contributed by atoms with Crippen LogP contribution in [-0.2, 0) is 19.1 Å². The Hall–Kier alpha value is -1.20. The lowest BCUT2D eigenvalue weighted by molar-refractivity contribution is -0.207. The summed E-state index contributed by atoms with van der Waals surface area (Å²) in [4.78, 5) is 26.3. The zero-order valence-corrected chi connectivity index (χ0v) is 20.7. The zero-order valence-electron chi connectivity index (χ0n) is 19.7. The molecule has 4 nitrogen and oxygen atoms in total. The maximum absolute atomic E-state index is 13.2. The lowest BCUT2D eigenvalue weighted by atomic mass is 9.44. The Labute approximate surface area is 187 Å². The third-order valence-corrected chi connectivity index (χ3v) is 11.4. The first kappa shape index (κ1) is 21.6. The molecule has 5 aliphatic carbocycles. The standard InChI is InChI=1S/C26H38O4Si/c1-17-15-25-9-6-18(17)14-20(25)19(8-11-29-12-13-31(3,4)5)22-24(2)21(27)7-10-26(22,25)16-30-23(24)28/h14,18-19,22H,1,6-13,15-16H2,2-5H3/t18-,19-,22-,24-,25-,26+/m1/s1. The summed E-state index contributed by atoms with van der Waals surface area (Å²) in [6, 6.07) is 1.17. The molecule has 31 heavy (non-hydrogen) atoms. The Morgan fingerprint density at radius 1 is 1.23 bits per heavy atom. The molecule has 5 heteroatoms. The highest BCUT2D eigenvalue weighted by Crippen LogP contribution is 2.78. The summed E-state index contributed by atoms with van der Waals surface area (Å²) < 4.78 is 12.0. The van der Waals surface area contributed by atoms with Gasteiger partial charge in [-0.3, -0.25) is 9.59 Å². The van der Waals surface area contributed by atoms with Gasteiger partial charge in [0.25, 0.3) is 0 Å². The molecular weight excluding hydrogens is 404 g/mol. The van der Waals surface area contributed by atoms with Gasteiger partial charge in [0.1, 0.15) is 11.2 Å². The molecule has 170 valence electrons. The van der Waals surface area contributed by atoms with E-state index in [9.17, 15) is 9.59 Å². The van der Waals surface area contributed by atoms with Crippen molar-refractivity contribution in [3.8, 4) is 0 Å². The number of hydrogen-bond donors (Lipinski definition) is 0. The number of ether oxygens (including phenoxy) is 2. The van der Waals surface area contributed by atoms with E-state index < -0.39 is 13.5 Å². The molecule has 4 bridgehead atoms. The molecule has 3 saturated carbocycles. The minimum Gasteiger partial charge on any atom is -0.464 e. The average Bonchev–Trinajstić information content (AvgIpc) is 2.95. The number of allylic oxidation sites excluding steroid dienone is 3. The lowest BCUT2D eigenvalue weighted by Gasteiger charge is -2.60. The quantitative estimate of drug-likeness (QED) is 0.187. The van der Waals surface area contributed by atoms with Gasteiger partial charge in [-0.25, -0.2) is 0 Å². The van der Waals surface area contributed by atoms with Gasteiger partial charge in [-0.2, -0.15) is 0 Å². The van der Waals surface area contributed by atoms with Crippen molar-refractivity contribution < 1.29 is 19.1 Å². The van der Waals surface area contributed by atoms with E-state index in [1.807, 2.05) is 6.92 Å². The largest absolute Gasteiger partial charge is 0.464 e. The van der Waals surface area contributed by atoms with E-state index >= 15 is 0 Å². The molecule has 0 aromatic rings. The summed E-state index contributed by atoms with van der Waals surface area (Å²) in [5.74, 6) is 0.547. The number of carbonyl (C=O) groups excluding carboxylic acids is 2. The summed E-state index contributed by atoms with van der Waals surface area (Å²) in [5, 5.41) is 0. The smallest absolute Gasteiger partial charge is 0.319 e. The van der Waals surface area contributed by atoms with Gasteiger partial charge in [0.15, 0.2) is 0 Å². The van der Waals surface area contributed by atoms with Gasteiger partial charge in [0, 0.05) is 38.5 Å². The van der Waals surface area contributed by atoms with E-state index in [0.717, 1.165) is 38.7 Å². The maximum atomic E-state index is 13.2. The van der Waals surface area contributed by atoms with Crippen molar-refractivity contribution in [3.05, 3.63) is 23.8 Å². The van der Waals surface area contributed by atoms with Crippen LogP contribution in [0.25, 0.3) is 0 Å². The van der Waals surface area contributed by atoms with Gasteiger partial charge in [-0.05, 0) is 62.8 Å². The fourth-order valence-corrected chi connectivity index (χ4v) is 8.86. The molecule has 6 rings (SSSR count). The molecule has 6 atom stereocenters. The second kappa shape index (κ2) is 6.90. The third kappa shape index (κ3) is 2.81. The summed E-state index contributed by atoms with van der Waals surface area (Å²) in [5.41, 5.74) is 1.76. The number of hydrogen-bond acceptors (Lipinski definition) is 4. The van der Waals surface area contributed by atoms with Crippen LogP contribution in [0.5, 0.6) is 0 Å². The van der Waals surface area contributed by atoms with Crippen molar-refractivity contribution >= 4 is 19.8 Å². The van der Waals surface area contributed by atoms with E-state index in [1.54, 1.807) is 0 Å². The monoisotopic (exact) mass is 442 g/mol. The van der Waals surface area contributed by atoms with Crippen LogP contribution in [0, 0.1) is 34.0 Å². The molecule has 6 aliphatic rings. The van der Waals surface area contributed by atoms with Crippen LogP contribution < -0.4 is 0 Å². The molecule has 0 unspecified atom stereocenters. The fraction of sp³-hybridized carbons (Fsp3) is 0.769. The van der Waals surface area contributed by atoms with Crippen molar-refractivity contribution in [2.24, 2.45) is 34.0 Å². The fourth-order valence-electron chi connectivity index (χ4n) is 8.11. The summed E-state index contributed by atoms with van der Waals surface area (Å²) in [7, 11) is -1.12. The highest BCUT2D eigenvalue weighted by atomic mass is 28.3. The molecule has 1 aliphatic heterocycles. The van der Waals surface area contributed by atoms with E-state index in [0.29, 0.717) is 25.6 Å². The molecule has 1 heterocycles. The zero-order chi connectivity index (χ0) is 22.2. The first-order chi connectivity index (χ1) is 14.6. The molecule has 1 saturated heterocycles. The Kier molecular flexibility index (Phi) is 4.81. The maximum Gasteiger partial charge on any atom is 0.319 e. The van der Waals surface area contributed by atoms with Gasteiger partial charge in [-0.1, -0.05) is 43.4 Å². The predicted molar refractivity (Wildman–Crippen MR) is 123 cm³/mol. The van der Waals surface area contributed by atoms with Crippen molar-refractivity contribution in [2.75, 3.05) is 19.8 Å². The van der Waals surface area contributed by atoms with Gasteiger partial charge in [-0.15, -0.1) is 0 Å². The van der Waals surface area contributed by atoms with Crippen molar-refractivity contribution in [1.29, 1.82) is 0 Å². The molecule has 0 aromatic carbocycles. The lowest BCUT2D eigenvalue weighted by Crippen LogP contribution is -2.64. The predicted octanol–water partition coefficient (Wildman–Crippen LogP) is 5.17. The van der Waals surface area contributed by atoms with Crippen LogP contribution in [0.3, 0.4) is 0 Å². The molecule has 4 fully saturated rings. The normalized spacial score (nSPS) is 43.4. The van der Waals surface area contributed by atoms with Crippen LogP contribution in [0.2, 0.25) is 25.7 Å². The number of fused-ring (bicyclic) bond motifs is 2. The second-order valence-electron chi connectivity index (χ2n) is 12.3. The highest BCUT2D eigenvalue weighted by Gasteiger charge is 2.77. The summed E-state index contributed by atoms with van der Waals surface area (Å²) in [6.07, 6.45) is 8.05. The number of cyclic esters (lactones) is 1. The van der Waals surface area contributed by atoms with Crippen molar-refractivity contribution in [2.45, 2.75) is 71.1 Å². The van der Waals surface area contributed by atoms with Crippen LogP contribution in [0.4, 0.5) is 0 Å². The van der Waals surface area contributed by atoms with E-state index in [2.05, 4.69) is 32.3 Å². The number of ketones is 1. The SMILES string of the molecule is C=C1C[C@]23CC[C@@H]1C=C2[C@@H](CCOCC[Si](C)(C)C)[C@@H]1[C@@]2(C)C(=O)CC[C@]13COC2=O. The topological polar surface area (TPSA) is 52.6 Å². The highest BCUT2D eigenvalue weighted by molar-refractivity contribution is 6.76. The molecule has 0 radical (unpaired) electrons. The minimum atomic E-state index is -1.12. The first-order valence-electron chi connectivity index (χ1n) is 12.2. The molecule has 1 spiro atoms. The Morgan fingerprint density at radius 3 is 2.71 bits per heavy atom. The van der Waals surface area contributed by atoms with E-state index in [1.165, 1.54) is 17.2 Å². The van der Waals surface area contributed by atoms with Gasteiger partial charge < -0.3 is 9.47 Å². The van der Waals surface area contributed by atoms with Gasteiger partial charge in [0.2, 0.25) is 0 Å². The van der Waals surface area contributed by atoms with E-state index in [4.69, 9.17) is 9.47 Å². The number of esters is 1. The third-order valence-electron chi connectivity index (χ3n) is 9.67. The Bertz CT molecular complexity index is 845. The first-order valence-corrected chi connectivity index (χ1v) is 15.9. The van der Waals surface area contributed by atoms with E-state index in [-0.39, 0.29) is 34.4 Å². The molecule has 0 amide bonds. The second-order valence-corrected chi connectivity index (χ2v) is 18.0. The average molecular weight is 443 g/mol. The van der Waals surface area contributed by atoms with Gasteiger partial charge in [0.05, 0.1) is 6.61 Å². The minimum absolute atomic E-state index is 0.0230.